The van der Waals surface area contributed by atoms with Gasteiger partial charge in [0.2, 0.25) is 0 Å². The van der Waals surface area contributed by atoms with Gasteiger partial charge >= 0.3 is 11.9 Å². The smallest absolute Gasteiger partial charge is 0.338 e. The monoisotopic (exact) mass is 984 g/mol. The maximum absolute atomic E-state index is 13.5. The van der Waals surface area contributed by atoms with Gasteiger partial charge in [-0.15, -0.1) is 141 Å². The molecule has 0 amide bonds. The fraction of sp³-hybridized carbons (Fsp3) is 0.475. The minimum atomic E-state index is -0.906. The van der Waals surface area contributed by atoms with Gasteiger partial charge in [0.15, 0.2) is 6.29 Å². The Labute approximate surface area is 385 Å². The predicted octanol–water partition coefficient (Wildman–Crippen LogP) is 15.7. The van der Waals surface area contributed by atoms with Crippen LogP contribution in [0.4, 0.5) is 0 Å². The lowest BCUT2D eigenvalue weighted by atomic mass is 9.83. The summed E-state index contributed by atoms with van der Waals surface area (Å²) < 4.78 is -1.80. The van der Waals surface area contributed by atoms with Crippen molar-refractivity contribution in [3.63, 3.8) is 0 Å². The van der Waals surface area contributed by atoms with Gasteiger partial charge in [0, 0.05) is 70.2 Å². The molecule has 9 rings (SSSR count). The molecule has 6 aliphatic rings. The highest BCUT2D eigenvalue weighted by Crippen LogP contribution is 2.74. The third-order valence-electron chi connectivity index (χ3n) is 9.69. The molecule has 0 saturated heterocycles. The van der Waals surface area contributed by atoms with Crippen molar-refractivity contribution in [1.29, 1.82) is 0 Å². The summed E-state index contributed by atoms with van der Waals surface area (Å²) in [5.41, 5.74) is 4.98. The molecule has 0 bridgehead atoms. The molecule has 5 nitrogen and oxygen atoms in total. The average Bonchev–Trinajstić information content (AvgIpc) is 3.85. The van der Waals surface area contributed by atoms with Gasteiger partial charge in [-0.2, -0.15) is 0 Å². The Bertz CT molecular complexity index is 2180. The lowest BCUT2D eigenvalue weighted by Gasteiger charge is -2.31. The molecule has 0 aromatic heterocycles. The van der Waals surface area contributed by atoms with Crippen LogP contribution in [-0.2, 0) is 0 Å². The van der Waals surface area contributed by atoms with Crippen molar-refractivity contribution in [2.75, 3.05) is 0 Å². The van der Waals surface area contributed by atoms with Gasteiger partial charge in [-0.1, -0.05) is 0 Å². The minimum absolute atomic E-state index is 0.244. The Kier molecular flexibility index (Phi) is 10.3. The quantitative estimate of drug-likeness (QED) is 0.181. The van der Waals surface area contributed by atoms with Gasteiger partial charge in [-0.3, -0.25) is 4.79 Å². The van der Waals surface area contributed by atoms with Crippen LogP contribution in [0.3, 0.4) is 0 Å². The van der Waals surface area contributed by atoms with E-state index in [9.17, 15) is 24.6 Å². The number of carbonyl (C=O) groups excluding carboxylic acids is 1. The zero-order chi connectivity index (χ0) is 41.3. The fourth-order valence-corrected chi connectivity index (χ4v) is 25.9. The predicted molar refractivity (Wildman–Crippen MR) is 254 cm³/mol. The van der Waals surface area contributed by atoms with E-state index >= 15 is 0 Å². The third-order valence-corrected chi connectivity index (χ3v) is 26.8. The topological polar surface area (TPSA) is 91.7 Å². The van der Waals surface area contributed by atoms with Crippen LogP contribution in [0.2, 0.25) is 0 Å². The van der Waals surface area contributed by atoms with Crippen molar-refractivity contribution in [3.8, 4) is 0 Å². The average molecular weight is 986 g/mol. The number of carboxylic acids is 2. The molecule has 0 unspecified atom stereocenters. The molecular weight excluding hydrogens is 945 g/mol. The Morgan fingerprint density at radius 3 is 0.789 bits per heavy atom. The third kappa shape index (κ3) is 7.02. The number of hydrogen-bond acceptors (Lipinski definition) is 15. The number of hydrogen-bond donors (Lipinski definition) is 2. The van der Waals surface area contributed by atoms with E-state index in [1.807, 2.05) is 23.5 Å². The molecule has 3 aromatic carbocycles. The molecule has 57 heavy (non-hydrogen) atoms. The zero-order valence-corrected chi connectivity index (χ0v) is 43.0. The van der Waals surface area contributed by atoms with E-state index in [-0.39, 0.29) is 30.4 Å². The molecule has 0 saturated carbocycles. The van der Waals surface area contributed by atoms with E-state index in [0.717, 1.165) is 81.7 Å². The second-order valence-corrected chi connectivity index (χ2v) is 38.3. The van der Waals surface area contributed by atoms with E-state index in [1.165, 1.54) is 5.56 Å². The van der Waals surface area contributed by atoms with Crippen LogP contribution in [0, 0.1) is 0 Å². The molecular formula is C40H40O5S12. The standard InChI is InChI=1S/C40H40O5S12/c1-35(2)46-21-14(13-41)22-24(49-36(3,4)47-22)16(23(21)48-35)15(17-25-29(54-37(5,6)50-25)19(33(42)43)30-26(17)51-38(7,8)55-30)18-27-31(56-39(9,10)52-27)20(34(44)45)32-28(18)53-40(11,12)57-32/h13,15H,1-12H3,(H,42,43)(H,44,45). The molecule has 302 valence electrons. The molecule has 0 atom stereocenters. The van der Waals surface area contributed by atoms with Crippen molar-refractivity contribution in [2.45, 2.75) is 172 Å². The van der Waals surface area contributed by atoms with Gasteiger partial charge in [-0.05, 0) is 99.8 Å². The van der Waals surface area contributed by atoms with Crippen molar-refractivity contribution in [1.82, 2.24) is 0 Å². The first kappa shape index (κ1) is 42.8. The van der Waals surface area contributed by atoms with Crippen LogP contribution in [0.1, 0.15) is 137 Å². The molecule has 0 aliphatic carbocycles. The molecule has 0 radical (unpaired) electrons. The van der Waals surface area contributed by atoms with Crippen LogP contribution >= 0.6 is 141 Å². The van der Waals surface area contributed by atoms with Gasteiger partial charge < -0.3 is 10.2 Å². The van der Waals surface area contributed by atoms with E-state index in [4.69, 9.17) is 0 Å². The summed E-state index contributed by atoms with van der Waals surface area (Å²) in [6, 6.07) is 0. The Balaban J connectivity index is 1.52. The normalized spacial score (nSPS) is 22.9. The summed E-state index contributed by atoms with van der Waals surface area (Å²) in [5, 5.41) is 22.1. The Morgan fingerprint density at radius 1 is 0.386 bits per heavy atom. The molecule has 6 heterocycles. The van der Waals surface area contributed by atoms with Crippen molar-refractivity contribution in [2.24, 2.45) is 0 Å². The van der Waals surface area contributed by atoms with Gasteiger partial charge in [0.1, 0.15) is 0 Å². The van der Waals surface area contributed by atoms with Crippen LogP contribution in [0.5, 0.6) is 0 Å². The lowest BCUT2D eigenvalue weighted by molar-refractivity contribution is 0.0677. The first-order chi connectivity index (χ1) is 26.2. The highest BCUT2D eigenvalue weighted by molar-refractivity contribution is 8.23. The number of thioether (sulfide) groups is 12. The van der Waals surface area contributed by atoms with Crippen LogP contribution in [-0.4, -0.2) is 52.9 Å². The van der Waals surface area contributed by atoms with Crippen LogP contribution < -0.4 is 0 Å². The maximum atomic E-state index is 13.5. The number of benzene rings is 3. The molecule has 6 aliphatic heterocycles. The highest BCUT2D eigenvalue weighted by atomic mass is 32.2. The molecule has 0 fully saturated rings. The summed E-state index contributed by atoms with van der Waals surface area (Å²) in [6.07, 6.45) is 1.06. The lowest BCUT2D eigenvalue weighted by Crippen LogP contribution is -2.16. The highest BCUT2D eigenvalue weighted by Gasteiger charge is 2.53. The summed E-state index contributed by atoms with van der Waals surface area (Å²) in [6.45, 7) is 26.4. The van der Waals surface area contributed by atoms with Crippen molar-refractivity contribution >= 4 is 159 Å². The van der Waals surface area contributed by atoms with E-state index < -0.39 is 11.9 Å². The Hall–Kier alpha value is 0.470. The summed E-state index contributed by atoms with van der Waals surface area (Å²) >= 11 is 20.8. The number of fused-ring (bicyclic) bond motifs is 6. The molecule has 2 N–H and O–H groups in total. The van der Waals surface area contributed by atoms with Gasteiger partial charge in [0.05, 0.1) is 35.6 Å². The second kappa shape index (κ2) is 13.7. The fourth-order valence-electron chi connectivity index (χ4n) is 8.04. The first-order valence-electron chi connectivity index (χ1n) is 18.1. The number of rotatable bonds is 6. The maximum Gasteiger partial charge on any atom is 0.338 e. The number of carboxylic acid groups (broad SMARTS) is 2. The van der Waals surface area contributed by atoms with E-state index in [2.05, 4.69) is 83.1 Å². The molecule has 0 spiro atoms. The zero-order valence-electron chi connectivity index (χ0n) is 33.2. The van der Waals surface area contributed by atoms with Crippen molar-refractivity contribution in [3.05, 3.63) is 33.4 Å². The summed E-state index contributed by atoms with van der Waals surface area (Å²) in [5.74, 6) is -2.20. The number of aromatic carboxylic acids is 2. The molecule has 17 heteroatoms. The second-order valence-electron chi connectivity index (χ2n) is 17.1. The van der Waals surface area contributed by atoms with Crippen LogP contribution in [0.15, 0.2) is 58.7 Å². The summed E-state index contributed by atoms with van der Waals surface area (Å²) in [7, 11) is 0. The van der Waals surface area contributed by atoms with Crippen LogP contribution in [0.25, 0.3) is 0 Å². The first-order valence-corrected chi connectivity index (χ1v) is 27.9. The molecule has 3 aromatic rings. The minimum Gasteiger partial charge on any atom is -0.478 e. The Morgan fingerprint density at radius 2 is 0.579 bits per heavy atom. The summed E-state index contributed by atoms with van der Waals surface area (Å²) in [4.78, 5) is 51.9. The van der Waals surface area contributed by atoms with Gasteiger partial charge in [0.25, 0.3) is 0 Å². The number of aldehydes is 1. The van der Waals surface area contributed by atoms with E-state index in [0.29, 0.717) is 11.1 Å². The number of carbonyl (C=O) groups is 3. The van der Waals surface area contributed by atoms with Crippen molar-refractivity contribution < 1.29 is 24.6 Å². The SMILES string of the molecule is CC1(C)Sc2c(C=O)c3c(c(C(c4c5c(c(C(=O)O)c6c4SC(C)(C)S6)SC(C)(C)S5)c4c5c(c(C(=O)O)c6c4SC(C)(C)S6)SC(C)(C)S5)c2S1)SC(C)(C)S3. The van der Waals surface area contributed by atoms with E-state index in [1.54, 1.807) is 118 Å². The van der Waals surface area contributed by atoms with Gasteiger partial charge in [-0.25, -0.2) is 9.59 Å². The largest absolute Gasteiger partial charge is 0.478 e.